The largest absolute Gasteiger partial charge is 0.349 e. The number of hydrogen-bond acceptors (Lipinski definition) is 3. The zero-order valence-corrected chi connectivity index (χ0v) is 17.9. The minimum atomic E-state index is -0.280. The lowest BCUT2D eigenvalue weighted by Gasteiger charge is -2.50. The number of benzene rings is 2. The molecule has 4 heteroatoms. The molecule has 4 nitrogen and oxygen atoms in total. The van der Waals surface area contributed by atoms with Crippen LogP contribution in [0.4, 0.5) is 11.4 Å². The molecule has 28 heavy (non-hydrogen) atoms. The van der Waals surface area contributed by atoms with Gasteiger partial charge >= 0.3 is 0 Å². The maximum Gasteiger partial charge on any atom is 0.250 e. The van der Waals surface area contributed by atoms with E-state index in [0.29, 0.717) is 0 Å². The molecule has 4 rings (SSSR count). The maximum atomic E-state index is 13.9. The van der Waals surface area contributed by atoms with E-state index >= 15 is 0 Å². The van der Waals surface area contributed by atoms with E-state index in [1.807, 2.05) is 4.90 Å². The first-order valence-corrected chi connectivity index (χ1v) is 10.3. The molecule has 0 fully saturated rings. The monoisotopic (exact) mass is 377 g/mol. The van der Waals surface area contributed by atoms with Crippen molar-refractivity contribution in [3.63, 3.8) is 0 Å². The Hall–Kier alpha value is -2.49. The van der Waals surface area contributed by atoms with Gasteiger partial charge in [0.1, 0.15) is 6.04 Å². The fraction of sp³-hybridized carbons (Fsp3) is 0.458. The van der Waals surface area contributed by atoms with Gasteiger partial charge in [0.2, 0.25) is 0 Å². The molecule has 0 saturated carbocycles. The average Bonchev–Trinajstić information content (AvgIpc) is 2.60. The Balaban J connectivity index is 1.89. The van der Waals surface area contributed by atoms with E-state index in [1.165, 1.54) is 28.1 Å². The highest BCUT2D eigenvalue weighted by Crippen LogP contribution is 2.45. The number of amides is 1. The third-order valence-corrected chi connectivity index (χ3v) is 5.96. The van der Waals surface area contributed by atoms with E-state index in [1.54, 1.807) is 0 Å². The summed E-state index contributed by atoms with van der Waals surface area (Å²) in [5.74, 6) is 0.199. The van der Waals surface area contributed by atoms with Crippen LogP contribution in [-0.4, -0.2) is 29.6 Å². The van der Waals surface area contributed by atoms with Crippen molar-refractivity contribution in [1.82, 2.24) is 4.90 Å². The molecule has 0 radical (unpaired) electrons. The van der Waals surface area contributed by atoms with Crippen LogP contribution in [0.2, 0.25) is 0 Å². The van der Waals surface area contributed by atoms with Crippen LogP contribution in [0.25, 0.3) is 0 Å². The minimum absolute atomic E-state index is 0.168. The molecule has 148 valence electrons. The second kappa shape index (κ2) is 6.84. The van der Waals surface area contributed by atoms with Gasteiger partial charge in [-0.15, -0.1) is 0 Å². The molecule has 2 bridgehead atoms. The topological polar surface area (TPSA) is 26.8 Å². The second-order valence-electron chi connectivity index (χ2n) is 8.84. The Labute approximate surface area is 168 Å². The fourth-order valence-electron chi connectivity index (χ4n) is 4.88. The van der Waals surface area contributed by atoms with Crippen molar-refractivity contribution in [2.75, 3.05) is 16.5 Å². The summed E-state index contributed by atoms with van der Waals surface area (Å²) in [6.07, 6.45) is 0. The van der Waals surface area contributed by atoms with E-state index in [9.17, 15) is 4.79 Å². The summed E-state index contributed by atoms with van der Waals surface area (Å²) in [4.78, 5) is 20.6. The number of hydrogen-bond donors (Lipinski definition) is 0. The number of anilines is 2. The molecule has 0 aliphatic carbocycles. The van der Waals surface area contributed by atoms with Crippen LogP contribution >= 0.6 is 0 Å². The summed E-state index contributed by atoms with van der Waals surface area (Å²) >= 11 is 0. The molecule has 0 aromatic heterocycles. The van der Waals surface area contributed by atoms with Crippen LogP contribution in [0.1, 0.15) is 56.0 Å². The Kier molecular flexibility index (Phi) is 4.60. The first-order valence-electron chi connectivity index (χ1n) is 10.3. The number of aryl methyl sites for hydroxylation is 2. The summed E-state index contributed by atoms with van der Waals surface area (Å²) in [7, 11) is 0. The fourth-order valence-corrected chi connectivity index (χ4v) is 4.88. The summed E-state index contributed by atoms with van der Waals surface area (Å²) in [6, 6.07) is 13.2. The third-order valence-electron chi connectivity index (χ3n) is 5.96. The van der Waals surface area contributed by atoms with Crippen molar-refractivity contribution in [3.8, 4) is 0 Å². The zero-order chi connectivity index (χ0) is 20.2. The molecule has 2 aliphatic rings. The summed E-state index contributed by atoms with van der Waals surface area (Å²) < 4.78 is 0. The van der Waals surface area contributed by atoms with Gasteiger partial charge in [-0.3, -0.25) is 4.79 Å². The Morgan fingerprint density at radius 3 is 2.21 bits per heavy atom. The summed E-state index contributed by atoms with van der Waals surface area (Å²) in [6.45, 7) is 14.3. The smallest absolute Gasteiger partial charge is 0.250 e. The molecule has 1 amide bonds. The maximum absolute atomic E-state index is 13.9. The number of rotatable bonds is 3. The van der Waals surface area contributed by atoms with Gasteiger partial charge in [0.15, 0.2) is 0 Å². The van der Waals surface area contributed by atoms with E-state index in [-0.39, 0.29) is 24.0 Å². The molecule has 0 unspecified atom stereocenters. The van der Waals surface area contributed by atoms with Gasteiger partial charge in [0.25, 0.3) is 5.91 Å². The van der Waals surface area contributed by atoms with Crippen LogP contribution in [0.5, 0.6) is 0 Å². The van der Waals surface area contributed by atoms with Crippen molar-refractivity contribution in [2.24, 2.45) is 0 Å². The summed E-state index contributed by atoms with van der Waals surface area (Å²) in [5.41, 5.74) is 7.28. The lowest BCUT2D eigenvalue weighted by atomic mass is 9.92. The molecule has 2 aromatic carbocycles. The quantitative estimate of drug-likeness (QED) is 0.770. The molecule has 0 spiro atoms. The Morgan fingerprint density at radius 1 is 0.964 bits per heavy atom. The first kappa shape index (κ1) is 18.9. The minimum Gasteiger partial charge on any atom is -0.349 e. The average molecular weight is 378 g/mol. The van der Waals surface area contributed by atoms with Gasteiger partial charge in [-0.25, -0.2) is 0 Å². The summed E-state index contributed by atoms with van der Waals surface area (Å²) in [5, 5.41) is 0. The molecule has 1 atom stereocenters. The van der Waals surface area contributed by atoms with Crippen LogP contribution < -0.4 is 9.80 Å². The molecule has 2 heterocycles. The van der Waals surface area contributed by atoms with Gasteiger partial charge in [-0.1, -0.05) is 35.4 Å². The van der Waals surface area contributed by atoms with Crippen molar-refractivity contribution < 1.29 is 4.79 Å². The molecule has 0 N–H and O–H groups in total. The van der Waals surface area contributed by atoms with Crippen LogP contribution in [0.3, 0.4) is 0 Å². The SMILES string of the molecule is Cc1ccc2c(c1)CN1CN2[C@@H](C(=O)N(C(C)C)C(C)C)c2cc(C)ccc21. The van der Waals surface area contributed by atoms with Gasteiger partial charge in [0.05, 0.1) is 6.67 Å². The predicted octanol–water partition coefficient (Wildman–Crippen LogP) is 4.79. The highest BCUT2D eigenvalue weighted by Gasteiger charge is 2.42. The number of fused-ring (bicyclic) bond motifs is 6. The van der Waals surface area contributed by atoms with Gasteiger partial charge < -0.3 is 14.7 Å². The highest BCUT2D eigenvalue weighted by atomic mass is 16.2. The number of carbonyl (C=O) groups is 1. The molecular formula is C24H31N3O. The van der Waals surface area contributed by atoms with Crippen molar-refractivity contribution in [2.45, 2.75) is 66.2 Å². The van der Waals surface area contributed by atoms with E-state index in [4.69, 9.17) is 0 Å². The lowest BCUT2D eigenvalue weighted by Crippen LogP contribution is -2.55. The van der Waals surface area contributed by atoms with Crippen molar-refractivity contribution in [1.29, 1.82) is 0 Å². The predicted molar refractivity (Wildman–Crippen MR) is 116 cm³/mol. The van der Waals surface area contributed by atoms with Crippen molar-refractivity contribution in [3.05, 3.63) is 58.7 Å². The van der Waals surface area contributed by atoms with Crippen LogP contribution in [-0.2, 0) is 11.3 Å². The van der Waals surface area contributed by atoms with Gasteiger partial charge in [-0.05, 0) is 59.2 Å². The molecule has 2 aliphatic heterocycles. The normalized spacial score (nSPS) is 17.6. The number of carbonyl (C=O) groups excluding carboxylic acids is 1. The third kappa shape index (κ3) is 2.95. The van der Waals surface area contributed by atoms with Crippen LogP contribution in [0.15, 0.2) is 36.4 Å². The lowest BCUT2D eigenvalue weighted by molar-refractivity contribution is -0.136. The Morgan fingerprint density at radius 2 is 1.57 bits per heavy atom. The zero-order valence-electron chi connectivity index (χ0n) is 17.9. The molecular weight excluding hydrogens is 346 g/mol. The van der Waals surface area contributed by atoms with Gasteiger partial charge in [-0.2, -0.15) is 0 Å². The van der Waals surface area contributed by atoms with E-state index < -0.39 is 0 Å². The van der Waals surface area contributed by atoms with Crippen molar-refractivity contribution >= 4 is 17.3 Å². The molecule has 0 saturated heterocycles. The van der Waals surface area contributed by atoms with Crippen LogP contribution in [0, 0.1) is 13.8 Å². The van der Waals surface area contributed by atoms with E-state index in [2.05, 4.69) is 87.7 Å². The number of nitrogens with zero attached hydrogens (tertiary/aromatic N) is 3. The van der Waals surface area contributed by atoms with Gasteiger partial charge in [0, 0.05) is 35.6 Å². The second-order valence-corrected chi connectivity index (χ2v) is 8.84. The highest BCUT2D eigenvalue weighted by molar-refractivity contribution is 5.91. The Bertz CT molecular complexity index is 910. The standard InChI is InChI=1S/C24H31N3O/c1-15(2)27(16(3)4)24(28)23-20-12-18(6)8-10-22(20)25-13-19-11-17(5)7-9-21(19)26(23)14-25/h7-12,15-16,23H,13-14H2,1-6H3/t23-/m1/s1. The molecule has 2 aromatic rings. The first-order chi connectivity index (χ1) is 13.3. The van der Waals surface area contributed by atoms with E-state index in [0.717, 1.165) is 18.8 Å².